The van der Waals surface area contributed by atoms with Crippen molar-refractivity contribution < 1.29 is 9.59 Å². The zero-order valence-electron chi connectivity index (χ0n) is 19.4. The first-order valence-corrected chi connectivity index (χ1v) is 11.3. The molecule has 5 rings (SSSR count). The molecule has 172 valence electrons. The smallest absolute Gasteiger partial charge is 0.249 e. The van der Waals surface area contributed by atoms with E-state index < -0.39 is 17.6 Å². The molecule has 1 atom stereocenters. The van der Waals surface area contributed by atoms with E-state index in [1.54, 1.807) is 16.8 Å². The summed E-state index contributed by atoms with van der Waals surface area (Å²) in [5.41, 5.74) is 6.09. The van der Waals surface area contributed by atoms with Gasteiger partial charge in [-0.2, -0.15) is 10.4 Å². The van der Waals surface area contributed by atoms with Gasteiger partial charge in [0.15, 0.2) is 5.92 Å². The minimum absolute atomic E-state index is 0.157. The Balaban J connectivity index is 1.50. The quantitative estimate of drug-likeness (QED) is 0.298. The van der Waals surface area contributed by atoms with E-state index in [1.165, 1.54) is 0 Å². The Morgan fingerprint density at radius 1 is 1.00 bits per heavy atom. The van der Waals surface area contributed by atoms with Crippen LogP contribution in [0.5, 0.6) is 0 Å². The second kappa shape index (κ2) is 8.92. The molecule has 1 aliphatic rings. The second-order valence-electron chi connectivity index (χ2n) is 8.61. The van der Waals surface area contributed by atoms with E-state index in [1.807, 2.05) is 91.8 Å². The number of hydrogen-bond acceptors (Lipinski definition) is 5. The van der Waals surface area contributed by atoms with Crippen molar-refractivity contribution in [3.63, 3.8) is 0 Å². The number of para-hydroxylation sites is 1. The number of ketones is 1. The average molecular weight is 462 g/mol. The number of nitriles is 1. The summed E-state index contributed by atoms with van der Waals surface area (Å²) >= 11 is 0. The average Bonchev–Trinajstić information content (AvgIpc) is 3.43. The Morgan fingerprint density at radius 2 is 1.69 bits per heavy atom. The monoisotopic (exact) mass is 461 g/mol. The van der Waals surface area contributed by atoms with Gasteiger partial charge in [0.2, 0.25) is 11.7 Å². The lowest BCUT2D eigenvalue weighted by atomic mass is 9.98. The highest BCUT2D eigenvalue weighted by atomic mass is 16.2. The zero-order valence-corrected chi connectivity index (χ0v) is 19.4. The molecular formula is C28H23N5O2. The maximum absolute atomic E-state index is 13.5. The molecule has 0 saturated carbocycles. The van der Waals surface area contributed by atoms with Crippen molar-refractivity contribution in [3.05, 3.63) is 95.7 Å². The molecule has 1 unspecified atom stereocenters. The van der Waals surface area contributed by atoms with E-state index in [2.05, 4.69) is 10.4 Å². The fourth-order valence-corrected chi connectivity index (χ4v) is 4.37. The van der Waals surface area contributed by atoms with Gasteiger partial charge in [-0.1, -0.05) is 42.5 Å². The summed E-state index contributed by atoms with van der Waals surface area (Å²) in [6, 6.07) is 26.5. The first kappa shape index (κ1) is 22.1. The number of nitrogens with zero attached hydrogens (tertiary/aromatic N) is 4. The molecule has 0 fully saturated rings. The Labute approximate surface area is 203 Å². The number of hydrogen-bond donors (Lipinski definition) is 1. The van der Waals surface area contributed by atoms with E-state index in [0.717, 1.165) is 33.8 Å². The molecule has 1 heterocycles. The van der Waals surface area contributed by atoms with Crippen molar-refractivity contribution >= 4 is 23.1 Å². The molecule has 4 aromatic rings. The topological polar surface area (TPSA) is 91.0 Å². The van der Waals surface area contributed by atoms with Crippen LogP contribution >= 0.6 is 0 Å². The van der Waals surface area contributed by atoms with Gasteiger partial charge >= 0.3 is 0 Å². The van der Waals surface area contributed by atoms with Gasteiger partial charge in [0.05, 0.1) is 17.5 Å². The summed E-state index contributed by atoms with van der Waals surface area (Å²) in [6.45, 7) is 0. The van der Waals surface area contributed by atoms with Crippen LogP contribution in [0.4, 0.5) is 11.4 Å². The van der Waals surface area contributed by atoms with E-state index >= 15 is 0 Å². The van der Waals surface area contributed by atoms with Crippen LogP contribution in [0.3, 0.4) is 0 Å². The van der Waals surface area contributed by atoms with Gasteiger partial charge < -0.3 is 10.2 Å². The Bertz CT molecular complexity index is 1460. The Hall–Kier alpha value is -4.70. The zero-order chi connectivity index (χ0) is 24.5. The first-order chi connectivity index (χ1) is 17.0. The molecular weight excluding hydrogens is 438 g/mol. The van der Waals surface area contributed by atoms with E-state index in [4.69, 9.17) is 0 Å². The van der Waals surface area contributed by atoms with Crippen molar-refractivity contribution in [3.8, 4) is 23.0 Å². The molecule has 3 aromatic carbocycles. The highest BCUT2D eigenvalue weighted by Crippen LogP contribution is 2.40. The molecule has 0 spiro atoms. The highest BCUT2D eigenvalue weighted by Gasteiger charge is 2.36. The van der Waals surface area contributed by atoms with Gasteiger partial charge in [-0.05, 0) is 42.0 Å². The second-order valence-corrected chi connectivity index (χ2v) is 8.61. The molecule has 0 bridgehead atoms. The van der Waals surface area contributed by atoms with Crippen LogP contribution in [-0.2, 0) is 11.2 Å². The van der Waals surface area contributed by atoms with Gasteiger partial charge in [0, 0.05) is 43.0 Å². The minimum Gasteiger partial charge on any atom is -0.378 e. The number of Topliss-reactive ketones (excluding diaryl/α,β-unsaturated/α-hetero) is 1. The minimum atomic E-state index is -1.52. The van der Waals surface area contributed by atoms with Crippen LogP contribution in [0.15, 0.2) is 78.9 Å². The number of carbonyl (C=O) groups is 2. The number of nitrogens with one attached hydrogen (secondary N) is 1. The molecule has 1 aliphatic carbocycles. The number of carbonyl (C=O) groups excluding carboxylic acids is 2. The summed E-state index contributed by atoms with van der Waals surface area (Å²) in [6.07, 6.45) is 0.519. The number of benzene rings is 3. The SMILES string of the molecule is CN(C)c1ccc(NC(=O)C(C#N)C(=O)c2nn(-c3ccccc3)c3c2Cc2ccccc2-3)cc1. The van der Waals surface area contributed by atoms with Crippen LogP contribution in [0.2, 0.25) is 0 Å². The molecule has 7 nitrogen and oxygen atoms in total. The Kier molecular flexibility index (Phi) is 5.63. The summed E-state index contributed by atoms with van der Waals surface area (Å²) in [5.74, 6) is -2.79. The number of anilines is 2. The summed E-state index contributed by atoms with van der Waals surface area (Å²) in [4.78, 5) is 28.5. The van der Waals surface area contributed by atoms with E-state index in [0.29, 0.717) is 12.1 Å². The third kappa shape index (κ3) is 3.96. The fourth-order valence-electron chi connectivity index (χ4n) is 4.37. The molecule has 1 N–H and O–H groups in total. The van der Waals surface area contributed by atoms with Crippen molar-refractivity contribution in [2.24, 2.45) is 5.92 Å². The summed E-state index contributed by atoms with van der Waals surface area (Å²) < 4.78 is 1.74. The number of fused-ring (bicyclic) bond motifs is 3. The Morgan fingerprint density at radius 3 is 2.37 bits per heavy atom. The van der Waals surface area contributed by atoms with Crippen LogP contribution in [0, 0.1) is 17.2 Å². The first-order valence-electron chi connectivity index (χ1n) is 11.3. The molecule has 0 aliphatic heterocycles. The molecule has 0 radical (unpaired) electrons. The van der Waals surface area contributed by atoms with Crippen molar-refractivity contribution in [1.82, 2.24) is 9.78 Å². The third-order valence-corrected chi connectivity index (χ3v) is 6.16. The van der Waals surface area contributed by atoms with E-state index in [-0.39, 0.29) is 5.69 Å². The number of rotatable bonds is 6. The van der Waals surface area contributed by atoms with Crippen LogP contribution in [0.1, 0.15) is 21.6 Å². The van der Waals surface area contributed by atoms with Crippen molar-refractivity contribution in [2.45, 2.75) is 6.42 Å². The molecule has 1 amide bonds. The molecule has 7 heteroatoms. The lowest BCUT2D eigenvalue weighted by molar-refractivity contribution is -0.117. The largest absolute Gasteiger partial charge is 0.378 e. The molecule has 1 aromatic heterocycles. The van der Waals surface area contributed by atoms with Gasteiger partial charge in [-0.25, -0.2) is 4.68 Å². The lowest BCUT2D eigenvalue weighted by Gasteiger charge is -2.13. The van der Waals surface area contributed by atoms with Crippen LogP contribution in [0.25, 0.3) is 16.9 Å². The standard InChI is InChI=1S/C28H23N5O2/c1-32(2)20-14-12-19(13-15-20)30-28(35)24(17-29)27(34)25-23-16-18-8-6-7-11-22(18)26(23)33(31-25)21-9-4-3-5-10-21/h3-15,24H,16H2,1-2H3,(H,30,35). The summed E-state index contributed by atoms with van der Waals surface area (Å²) in [7, 11) is 3.84. The number of amides is 1. The maximum atomic E-state index is 13.5. The van der Waals surface area contributed by atoms with Crippen molar-refractivity contribution in [2.75, 3.05) is 24.3 Å². The van der Waals surface area contributed by atoms with Crippen LogP contribution in [-0.4, -0.2) is 35.6 Å². The molecule has 0 saturated heterocycles. The maximum Gasteiger partial charge on any atom is 0.249 e. The van der Waals surface area contributed by atoms with Gasteiger partial charge in [-0.3, -0.25) is 9.59 Å². The van der Waals surface area contributed by atoms with Gasteiger partial charge in [0.25, 0.3) is 0 Å². The van der Waals surface area contributed by atoms with Gasteiger partial charge in [0.1, 0.15) is 5.69 Å². The summed E-state index contributed by atoms with van der Waals surface area (Å²) in [5, 5.41) is 17.1. The predicted octanol–water partition coefficient (Wildman–Crippen LogP) is 4.47. The van der Waals surface area contributed by atoms with Crippen LogP contribution < -0.4 is 10.2 Å². The van der Waals surface area contributed by atoms with E-state index in [9.17, 15) is 14.9 Å². The normalized spacial score (nSPS) is 12.3. The third-order valence-electron chi connectivity index (χ3n) is 6.16. The lowest BCUT2D eigenvalue weighted by Crippen LogP contribution is -2.29. The van der Waals surface area contributed by atoms with Crippen molar-refractivity contribution in [1.29, 1.82) is 5.26 Å². The predicted molar refractivity (Wildman–Crippen MR) is 135 cm³/mol. The fraction of sp³-hybridized carbons (Fsp3) is 0.143. The molecule has 35 heavy (non-hydrogen) atoms. The number of aromatic nitrogens is 2. The van der Waals surface area contributed by atoms with Gasteiger partial charge in [-0.15, -0.1) is 0 Å². The highest BCUT2D eigenvalue weighted by molar-refractivity contribution is 6.16.